The summed E-state index contributed by atoms with van der Waals surface area (Å²) < 4.78 is 42.8. The Labute approximate surface area is 170 Å². The first-order chi connectivity index (χ1) is 14.5. The summed E-state index contributed by atoms with van der Waals surface area (Å²) in [6, 6.07) is 3.32. The minimum atomic E-state index is -1.49. The van der Waals surface area contributed by atoms with Gasteiger partial charge in [0.2, 0.25) is 0 Å². The molecule has 1 saturated heterocycles. The number of carbonyl (C=O) groups excluding carboxylic acids is 1. The molecule has 1 amide bonds. The predicted molar refractivity (Wildman–Crippen MR) is 101 cm³/mol. The van der Waals surface area contributed by atoms with E-state index in [0.717, 1.165) is 42.7 Å². The lowest BCUT2D eigenvalue weighted by atomic mass is 9.81. The van der Waals surface area contributed by atoms with Gasteiger partial charge in [-0.1, -0.05) is 0 Å². The Kier molecular flexibility index (Phi) is 4.34. The summed E-state index contributed by atoms with van der Waals surface area (Å²) in [5.41, 5.74) is 2.83. The average molecular weight is 413 g/mol. The molecule has 30 heavy (non-hydrogen) atoms. The number of carbonyl (C=O) groups is 1. The molecule has 2 aliphatic rings. The molecule has 0 spiro atoms. The van der Waals surface area contributed by atoms with Gasteiger partial charge in [-0.25, -0.2) is 13.2 Å². The highest BCUT2D eigenvalue weighted by Crippen LogP contribution is 2.45. The number of aryl methyl sites for hydroxylation is 1. The molecule has 0 aliphatic carbocycles. The fourth-order valence-corrected chi connectivity index (χ4v) is 4.77. The Morgan fingerprint density at radius 2 is 1.90 bits per heavy atom. The number of benzene rings is 1. The SMILES string of the molecule is Cn1nc2c(c1-c1cc(F)c(F)c(F)c1)C[C@@H]1CCC[C@H]2N1C(=O)c1ccnnc1. The lowest BCUT2D eigenvalue weighted by Crippen LogP contribution is -2.49. The van der Waals surface area contributed by atoms with E-state index >= 15 is 0 Å². The third-order valence-corrected chi connectivity index (χ3v) is 6.00. The number of hydrogen-bond acceptors (Lipinski definition) is 4. The van der Waals surface area contributed by atoms with Gasteiger partial charge in [-0.15, -0.1) is 0 Å². The second-order valence-electron chi connectivity index (χ2n) is 7.74. The van der Waals surface area contributed by atoms with Crippen molar-refractivity contribution in [3.05, 3.63) is 64.9 Å². The van der Waals surface area contributed by atoms with Crippen LogP contribution in [0.15, 0.2) is 30.6 Å². The highest BCUT2D eigenvalue weighted by Gasteiger charge is 2.43. The van der Waals surface area contributed by atoms with Crippen LogP contribution < -0.4 is 0 Å². The van der Waals surface area contributed by atoms with Gasteiger partial charge in [0.25, 0.3) is 5.91 Å². The summed E-state index contributed by atoms with van der Waals surface area (Å²) in [6.45, 7) is 0. The van der Waals surface area contributed by atoms with Crippen molar-refractivity contribution in [2.45, 2.75) is 37.8 Å². The molecule has 1 fully saturated rings. The largest absolute Gasteiger partial charge is 0.327 e. The lowest BCUT2D eigenvalue weighted by Gasteiger charge is -2.45. The number of rotatable bonds is 2. The number of piperidine rings is 1. The van der Waals surface area contributed by atoms with E-state index in [4.69, 9.17) is 0 Å². The van der Waals surface area contributed by atoms with Crippen LogP contribution in [0.1, 0.15) is 46.9 Å². The van der Waals surface area contributed by atoms with Gasteiger partial charge in [0, 0.05) is 24.2 Å². The number of amides is 1. The third kappa shape index (κ3) is 2.79. The first-order valence-electron chi connectivity index (χ1n) is 9.75. The van der Waals surface area contributed by atoms with Crippen LogP contribution in [0.5, 0.6) is 0 Å². The molecule has 4 heterocycles. The molecule has 6 nitrogen and oxygen atoms in total. The molecule has 0 unspecified atom stereocenters. The summed E-state index contributed by atoms with van der Waals surface area (Å²) >= 11 is 0. The summed E-state index contributed by atoms with van der Waals surface area (Å²) in [5, 5.41) is 12.1. The summed E-state index contributed by atoms with van der Waals surface area (Å²) in [6.07, 6.45) is 5.96. The van der Waals surface area contributed by atoms with Gasteiger partial charge in [-0.2, -0.15) is 15.3 Å². The van der Waals surface area contributed by atoms with Gasteiger partial charge in [0.15, 0.2) is 17.5 Å². The molecule has 2 aliphatic heterocycles. The minimum absolute atomic E-state index is 0.0602. The minimum Gasteiger partial charge on any atom is -0.327 e. The molecular formula is C21H18F3N5O. The molecule has 2 aromatic heterocycles. The molecule has 9 heteroatoms. The lowest BCUT2D eigenvalue weighted by molar-refractivity contribution is 0.0391. The highest BCUT2D eigenvalue weighted by atomic mass is 19.2. The van der Waals surface area contributed by atoms with Gasteiger partial charge in [0.05, 0.1) is 35.4 Å². The van der Waals surface area contributed by atoms with Crippen molar-refractivity contribution in [1.29, 1.82) is 0 Å². The number of halogens is 3. The van der Waals surface area contributed by atoms with E-state index in [9.17, 15) is 18.0 Å². The third-order valence-electron chi connectivity index (χ3n) is 6.00. The standard InChI is InChI=1S/C21H18F3N5O/c1-28-20(12-7-15(22)18(24)16(23)8-12)14-9-13-3-2-4-17(19(14)27-28)29(13)21(30)11-5-6-25-26-10-11/h5-8,10,13,17H,2-4,9H2,1H3/t13-,17+/m0/s1. The maximum absolute atomic E-state index is 13.9. The Balaban J connectivity index is 1.60. The maximum Gasteiger partial charge on any atom is 0.256 e. The molecule has 5 rings (SSSR count). The zero-order valence-electron chi connectivity index (χ0n) is 16.1. The molecular weight excluding hydrogens is 395 g/mol. The van der Waals surface area contributed by atoms with Crippen LogP contribution in [0.4, 0.5) is 13.2 Å². The second kappa shape index (κ2) is 6.93. The molecule has 0 radical (unpaired) electrons. The number of nitrogens with zero attached hydrogens (tertiary/aromatic N) is 5. The quantitative estimate of drug-likeness (QED) is 0.603. The van der Waals surface area contributed by atoms with Crippen LogP contribution in [0.2, 0.25) is 0 Å². The van der Waals surface area contributed by atoms with Gasteiger partial charge in [-0.05, 0) is 43.9 Å². The first kappa shape index (κ1) is 18.8. The fraction of sp³-hybridized carbons (Fsp3) is 0.333. The van der Waals surface area contributed by atoms with Gasteiger partial charge >= 0.3 is 0 Å². The van der Waals surface area contributed by atoms with E-state index in [2.05, 4.69) is 15.3 Å². The van der Waals surface area contributed by atoms with E-state index in [1.54, 1.807) is 17.8 Å². The molecule has 1 aromatic carbocycles. The molecule has 2 bridgehead atoms. The van der Waals surface area contributed by atoms with Crippen molar-refractivity contribution in [2.24, 2.45) is 7.05 Å². The van der Waals surface area contributed by atoms with Crippen LogP contribution in [0, 0.1) is 17.5 Å². The van der Waals surface area contributed by atoms with Crippen molar-refractivity contribution in [2.75, 3.05) is 0 Å². The Morgan fingerprint density at radius 3 is 2.60 bits per heavy atom. The van der Waals surface area contributed by atoms with Gasteiger partial charge in [-0.3, -0.25) is 9.48 Å². The Bertz CT molecular complexity index is 1120. The normalized spacial score (nSPS) is 20.2. The van der Waals surface area contributed by atoms with Crippen LogP contribution in [-0.2, 0) is 13.5 Å². The number of aromatic nitrogens is 4. The second-order valence-corrected chi connectivity index (χ2v) is 7.74. The molecule has 3 aromatic rings. The highest BCUT2D eigenvalue weighted by molar-refractivity contribution is 5.94. The fourth-order valence-electron chi connectivity index (χ4n) is 4.77. The number of fused-ring (bicyclic) bond motifs is 4. The first-order valence-corrected chi connectivity index (χ1v) is 9.75. The predicted octanol–water partition coefficient (Wildman–Crippen LogP) is 3.59. The molecule has 0 N–H and O–H groups in total. The van der Waals surface area contributed by atoms with E-state index in [-0.39, 0.29) is 23.6 Å². The van der Waals surface area contributed by atoms with Crippen LogP contribution in [0.3, 0.4) is 0 Å². The molecule has 2 atom stereocenters. The molecule has 154 valence electrons. The zero-order valence-corrected chi connectivity index (χ0v) is 16.1. The summed E-state index contributed by atoms with van der Waals surface area (Å²) in [5.74, 6) is -4.10. The van der Waals surface area contributed by atoms with Gasteiger partial charge < -0.3 is 4.90 Å². The van der Waals surface area contributed by atoms with Crippen molar-refractivity contribution >= 4 is 5.91 Å². The average Bonchev–Trinajstić information content (AvgIpc) is 3.07. The van der Waals surface area contributed by atoms with E-state index in [1.807, 2.05) is 4.90 Å². The van der Waals surface area contributed by atoms with Gasteiger partial charge in [0.1, 0.15) is 0 Å². The van der Waals surface area contributed by atoms with Crippen LogP contribution >= 0.6 is 0 Å². The van der Waals surface area contributed by atoms with Crippen LogP contribution in [-0.4, -0.2) is 36.8 Å². The van der Waals surface area contributed by atoms with E-state index in [1.165, 1.54) is 12.4 Å². The van der Waals surface area contributed by atoms with E-state index in [0.29, 0.717) is 17.7 Å². The van der Waals surface area contributed by atoms with Crippen molar-refractivity contribution < 1.29 is 18.0 Å². The smallest absolute Gasteiger partial charge is 0.256 e. The van der Waals surface area contributed by atoms with Crippen molar-refractivity contribution in [3.8, 4) is 11.3 Å². The summed E-state index contributed by atoms with van der Waals surface area (Å²) in [7, 11) is 1.69. The van der Waals surface area contributed by atoms with Crippen LogP contribution in [0.25, 0.3) is 11.3 Å². The van der Waals surface area contributed by atoms with Crippen molar-refractivity contribution in [3.63, 3.8) is 0 Å². The Morgan fingerprint density at radius 1 is 1.13 bits per heavy atom. The Hall–Kier alpha value is -3.23. The maximum atomic E-state index is 13.9. The topological polar surface area (TPSA) is 63.9 Å². The van der Waals surface area contributed by atoms with E-state index < -0.39 is 17.5 Å². The summed E-state index contributed by atoms with van der Waals surface area (Å²) in [4.78, 5) is 15.0. The number of hydrogen-bond donors (Lipinski definition) is 0. The van der Waals surface area contributed by atoms with Crippen molar-refractivity contribution in [1.82, 2.24) is 24.9 Å². The zero-order chi connectivity index (χ0) is 21.0. The monoisotopic (exact) mass is 413 g/mol. The molecule has 0 saturated carbocycles.